The van der Waals surface area contributed by atoms with Gasteiger partial charge in [0.25, 0.3) is 11.8 Å². The Morgan fingerprint density at radius 2 is 1.52 bits per heavy atom. The van der Waals surface area contributed by atoms with Crippen molar-refractivity contribution in [3.05, 3.63) is 89.5 Å². The molecule has 2 amide bonds. The summed E-state index contributed by atoms with van der Waals surface area (Å²) in [6.07, 6.45) is 0. The molecule has 3 aromatic carbocycles. The largest absolute Gasteiger partial charge is 0.495 e. The smallest absolute Gasteiger partial charge is 0.255 e. The van der Waals surface area contributed by atoms with Gasteiger partial charge in [-0.1, -0.05) is 24.3 Å². The number of nitrogens with one attached hydrogen (secondary N) is 2. The normalized spacial score (nSPS) is 10.3. The molecule has 0 radical (unpaired) electrons. The molecule has 0 aliphatic heterocycles. The van der Waals surface area contributed by atoms with E-state index in [1.165, 1.54) is 0 Å². The van der Waals surface area contributed by atoms with Crippen LogP contribution in [0.15, 0.2) is 72.8 Å². The van der Waals surface area contributed by atoms with Gasteiger partial charge in [-0.05, 0) is 54.1 Å². The number of hydrogen-bond donors (Lipinski definition) is 2. The number of methoxy groups -OCH3 is 2. The van der Waals surface area contributed by atoms with Crippen LogP contribution in [0.25, 0.3) is 0 Å². The molecule has 0 heterocycles. The zero-order valence-corrected chi connectivity index (χ0v) is 16.3. The van der Waals surface area contributed by atoms with Gasteiger partial charge in [0.1, 0.15) is 5.75 Å². The minimum atomic E-state index is -0.264. The van der Waals surface area contributed by atoms with E-state index in [0.29, 0.717) is 34.9 Å². The van der Waals surface area contributed by atoms with Gasteiger partial charge in [0, 0.05) is 23.9 Å². The number of carbonyl (C=O) groups is 2. The van der Waals surface area contributed by atoms with Gasteiger partial charge in [0.15, 0.2) is 0 Å². The molecule has 0 aliphatic carbocycles. The zero-order valence-electron chi connectivity index (χ0n) is 16.3. The topological polar surface area (TPSA) is 76.7 Å². The number of anilines is 2. The van der Waals surface area contributed by atoms with Crippen LogP contribution in [0.5, 0.6) is 5.75 Å². The maximum absolute atomic E-state index is 12.5. The Labute approximate surface area is 169 Å². The molecule has 2 N–H and O–H groups in total. The van der Waals surface area contributed by atoms with Gasteiger partial charge in [-0.3, -0.25) is 9.59 Å². The van der Waals surface area contributed by atoms with Gasteiger partial charge < -0.3 is 20.1 Å². The first kappa shape index (κ1) is 20.1. The molecule has 0 fully saturated rings. The number of carbonyl (C=O) groups excluding carboxylic acids is 2. The van der Waals surface area contributed by atoms with E-state index in [0.717, 1.165) is 5.56 Å². The summed E-state index contributed by atoms with van der Waals surface area (Å²) in [5.41, 5.74) is 3.12. The van der Waals surface area contributed by atoms with Crippen molar-refractivity contribution in [2.75, 3.05) is 24.9 Å². The monoisotopic (exact) mass is 390 g/mol. The average Bonchev–Trinajstić information content (AvgIpc) is 2.75. The van der Waals surface area contributed by atoms with Crippen molar-refractivity contribution in [1.29, 1.82) is 0 Å². The van der Waals surface area contributed by atoms with Gasteiger partial charge in [0.05, 0.1) is 19.4 Å². The second-order valence-electron chi connectivity index (χ2n) is 6.32. The number of ether oxygens (including phenoxy) is 2. The lowest BCUT2D eigenvalue weighted by atomic mass is 10.1. The molecule has 148 valence electrons. The van der Waals surface area contributed by atoms with Crippen molar-refractivity contribution >= 4 is 23.2 Å². The van der Waals surface area contributed by atoms with Gasteiger partial charge in [-0.15, -0.1) is 0 Å². The third kappa shape index (κ3) is 5.21. The van der Waals surface area contributed by atoms with Crippen molar-refractivity contribution in [1.82, 2.24) is 0 Å². The van der Waals surface area contributed by atoms with E-state index < -0.39 is 0 Å². The Morgan fingerprint density at radius 1 is 0.793 bits per heavy atom. The molecule has 0 saturated heterocycles. The van der Waals surface area contributed by atoms with Crippen LogP contribution in [0.3, 0.4) is 0 Å². The fourth-order valence-electron chi connectivity index (χ4n) is 2.82. The van der Waals surface area contributed by atoms with Crippen LogP contribution in [0, 0.1) is 0 Å². The fraction of sp³-hybridized carbons (Fsp3) is 0.130. The summed E-state index contributed by atoms with van der Waals surface area (Å²) >= 11 is 0. The molecule has 3 aromatic rings. The van der Waals surface area contributed by atoms with Gasteiger partial charge in [0.2, 0.25) is 0 Å². The molecule has 6 nitrogen and oxygen atoms in total. The number of hydrogen-bond acceptors (Lipinski definition) is 4. The highest BCUT2D eigenvalue weighted by Gasteiger charge is 2.11. The molecule has 0 unspecified atom stereocenters. The van der Waals surface area contributed by atoms with Crippen molar-refractivity contribution in [3.63, 3.8) is 0 Å². The molecule has 3 rings (SSSR count). The summed E-state index contributed by atoms with van der Waals surface area (Å²) < 4.78 is 10.3. The standard InChI is InChI=1S/C23H22N2O4/c1-28-15-16-6-5-7-18(14-16)23(27)24-19-12-10-17(11-13-19)22(26)25-20-8-3-4-9-21(20)29-2/h3-14H,15H2,1-2H3,(H,24,27)(H,25,26). The van der Waals surface area contributed by atoms with Crippen LogP contribution < -0.4 is 15.4 Å². The second-order valence-corrected chi connectivity index (χ2v) is 6.32. The van der Waals surface area contributed by atoms with Crippen LogP contribution in [-0.2, 0) is 11.3 Å². The quantitative estimate of drug-likeness (QED) is 0.629. The third-order valence-electron chi connectivity index (χ3n) is 4.26. The predicted molar refractivity (Wildman–Crippen MR) is 112 cm³/mol. The number of amides is 2. The molecule has 0 bridgehead atoms. The van der Waals surface area contributed by atoms with Gasteiger partial charge in [-0.2, -0.15) is 0 Å². The summed E-state index contributed by atoms with van der Waals surface area (Å²) in [6, 6.07) is 21.1. The van der Waals surface area contributed by atoms with Crippen molar-refractivity contribution in [2.45, 2.75) is 6.61 Å². The molecule has 0 spiro atoms. The fourth-order valence-corrected chi connectivity index (χ4v) is 2.82. The zero-order chi connectivity index (χ0) is 20.6. The first-order valence-electron chi connectivity index (χ1n) is 9.04. The van der Waals surface area contributed by atoms with Crippen molar-refractivity contribution < 1.29 is 19.1 Å². The van der Waals surface area contributed by atoms with Crippen LogP contribution in [-0.4, -0.2) is 26.0 Å². The molecule has 29 heavy (non-hydrogen) atoms. The van der Waals surface area contributed by atoms with E-state index in [-0.39, 0.29) is 11.8 Å². The summed E-state index contributed by atoms with van der Waals surface area (Å²) in [4.78, 5) is 24.9. The minimum absolute atomic E-state index is 0.228. The van der Waals surface area contributed by atoms with E-state index in [9.17, 15) is 9.59 Å². The van der Waals surface area contributed by atoms with Crippen LogP contribution in [0.2, 0.25) is 0 Å². The molecule has 0 aliphatic rings. The van der Waals surface area contributed by atoms with Crippen molar-refractivity contribution in [2.24, 2.45) is 0 Å². The third-order valence-corrected chi connectivity index (χ3v) is 4.26. The summed E-state index contributed by atoms with van der Waals surface area (Å²) in [5.74, 6) is 0.0919. The number of benzene rings is 3. The summed E-state index contributed by atoms with van der Waals surface area (Å²) in [6.45, 7) is 0.442. The molecule has 0 atom stereocenters. The van der Waals surface area contributed by atoms with E-state index in [1.807, 2.05) is 24.3 Å². The highest BCUT2D eigenvalue weighted by Crippen LogP contribution is 2.24. The Kier molecular flexibility index (Phi) is 6.60. The minimum Gasteiger partial charge on any atom is -0.495 e. The number of rotatable bonds is 7. The van der Waals surface area contributed by atoms with Crippen molar-refractivity contribution in [3.8, 4) is 5.75 Å². The van der Waals surface area contributed by atoms with E-state index in [2.05, 4.69) is 10.6 Å². The summed E-state index contributed by atoms with van der Waals surface area (Å²) in [5, 5.41) is 5.65. The lowest BCUT2D eigenvalue weighted by molar-refractivity contribution is 0.101. The summed E-state index contributed by atoms with van der Waals surface area (Å²) in [7, 11) is 3.16. The maximum atomic E-state index is 12.5. The molecule has 0 saturated carbocycles. The first-order valence-corrected chi connectivity index (χ1v) is 9.04. The lowest BCUT2D eigenvalue weighted by Gasteiger charge is -2.10. The lowest BCUT2D eigenvalue weighted by Crippen LogP contribution is -2.14. The van der Waals surface area contributed by atoms with Crippen LogP contribution in [0.4, 0.5) is 11.4 Å². The molecule has 0 aromatic heterocycles. The highest BCUT2D eigenvalue weighted by atomic mass is 16.5. The maximum Gasteiger partial charge on any atom is 0.255 e. The molecular formula is C23H22N2O4. The Bertz CT molecular complexity index is 1000. The highest BCUT2D eigenvalue weighted by molar-refractivity contribution is 6.06. The van der Waals surface area contributed by atoms with E-state index in [4.69, 9.17) is 9.47 Å². The van der Waals surface area contributed by atoms with Gasteiger partial charge >= 0.3 is 0 Å². The van der Waals surface area contributed by atoms with Gasteiger partial charge in [-0.25, -0.2) is 0 Å². The molecular weight excluding hydrogens is 368 g/mol. The first-order chi connectivity index (χ1) is 14.1. The Hall–Kier alpha value is -3.64. The average molecular weight is 390 g/mol. The SMILES string of the molecule is COCc1cccc(C(=O)Nc2ccc(C(=O)Nc3ccccc3OC)cc2)c1. The second kappa shape index (κ2) is 9.52. The Morgan fingerprint density at radius 3 is 2.24 bits per heavy atom. The number of para-hydroxylation sites is 2. The van der Waals surface area contributed by atoms with Crippen LogP contribution in [0.1, 0.15) is 26.3 Å². The van der Waals surface area contributed by atoms with E-state index in [1.54, 1.807) is 62.8 Å². The van der Waals surface area contributed by atoms with E-state index >= 15 is 0 Å². The molecule has 6 heteroatoms. The Balaban J connectivity index is 1.66. The van der Waals surface area contributed by atoms with Crippen LogP contribution >= 0.6 is 0 Å². The predicted octanol–water partition coefficient (Wildman–Crippen LogP) is 4.35.